The van der Waals surface area contributed by atoms with Crippen LogP contribution in [0.5, 0.6) is 0 Å². The van der Waals surface area contributed by atoms with Gasteiger partial charge in [0, 0.05) is 25.0 Å². The van der Waals surface area contributed by atoms with Gasteiger partial charge in [-0.1, -0.05) is 0 Å². The molecular weight excluding hydrogens is 362 g/mol. The lowest BCUT2D eigenvalue weighted by Gasteiger charge is -2.29. The van der Waals surface area contributed by atoms with Gasteiger partial charge in [0.2, 0.25) is 0 Å². The summed E-state index contributed by atoms with van der Waals surface area (Å²) in [5, 5.41) is 14.0. The van der Waals surface area contributed by atoms with Crippen LogP contribution in [0.25, 0.3) is 20.4 Å². The number of pyridine rings is 1. The summed E-state index contributed by atoms with van der Waals surface area (Å²) in [6, 6.07) is 0. The van der Waals surface area contributed by atoms with E-state index >= 15 is 0 Å². The number of ether oxygens (including phenoxy) is 1. The van der Waals surface area contributed by atoms with Crippen LogP contribution in [0.2, 0.25) is 0 Å². The van der Waals surface area contributed by atoms with Gasteiger partial charge in [-0.15, -0.1) is 11.3 Å². The maximum absolute atomic E-state index is 9.60. The average molecular weight is 385 g/mol. The molecule has 7 nitrogen and oxygen atoms in total. The molecule has 2 aliphatic rings. The standard InChI is InChI=1S/C19H23N5O2S/c1-11(25)9-20-17-16-15(21-10-22-17)14-12-3-2-4-13(12)18(23-19(14)27-16)24-5-7-26-8-6-24/h10-11,25H,2-9H2,1H3,(H,20,21,22)/t11-/m0/s1. The largest absolute Gasteiger partial charge is 0.392 e. The Kier molecular flexibility index (Phi) is 4.34. The second kappa shape index (κ2) is 6.85. The minimum Gasteiger partial charge on any atom is -0.392 e. The van der Waals surface area contributed by atoms with Crippen LogP contribution < -0.4 is 10.2 Å². The molecule has 5 rings (SSSR count). The summed E-state index contributed by atoms with van der Waals surface area (Å²) in [6.45, 7) is 5.55. The van der Waals surface area contributed by atoms with Crippen molar-refractivity contribution in [2.75, 3.05) is 43.1 Å². The van der Waals surface area contributed by atoms with Crippen molar-refractivity contribution in [3.05, 3.63) is 17.5 Å². The number of morpholine rings is 1. The van der Waals surface area contributed by atoms with Gasteiger partial charge in [0.15, 0.2) is 0 Å². The zero-order valence-electron chi connectivity index (χ0n) is 15.4. The molecule has 0 unspecified atom stereocenters. The van der Waals surface area contributed by atoms with Crippen LogP contribution >= 0.6 is 11.3 Å². The molecule has 1 saturated heterocycles. The van der Waals surface area contributed by atoms with Crippen molar-refractivity contribution in [2.45, 2.75) is 32.3 Å². The molecule has 1 aliphatic heterocycles. The Morgan fingerprint density at radius 3 is 2.89 bits per heavy atom. The summed E-state index contributed by atoms with van der Waals surface area (Å²) < 4.78 is 6.55. The van der Waals surface area contributed by atoms with Gasteiger partial charge in [-0.3, -0.25) is 0 Å². The highest BCUT2D eigenvalue weighted by Gasteiger charge is 2.27. The molecule has 3 aromatic rings. The molecule has 1 fully saturated rings. The summed E-state index contributed by atoms with van der Waals surface area (Å²) in [6.07, 6.45) is 4.51. The quantitative estimate of drug-likeness (QED) is 0.713. The predicted octanol–water partition coefficient (Wildman–Crippen LogP) is 2.36. The second-order valence-corrected chi connectivity index (χ2v) is 8.26. The lowest BCUT2D eigenvalue weighted by molar-refractivity contribution is 0.122. The molecule has 0 bridgehead atoms. The molecule has 8 heteroatoms. The van der Waals surface area contributed by atoms with E-state index in [1.807, 2.05) is 0 Å². The number of nitrogens with zero attached hydrogens (tertiary/aromatic N) is 4. The van der Waals surface area contributed by atoms with E-state index in [9.17, 15) is 5.11 Å². The average Bonchev–Trinajstić information content (AvgIpc) is 3.30. The highest BCUT2D eigenvalue weighted by atomic mass is 32.1. The fraction of sp³-hybridized carbons (Fsp3) is 0.526. The van der Waals surface area contributed by atoms with E-state index in [1.165, 1.54) is 22.9 Å². The van der Waals surface area contributed by atoms with Gasteiger partial charge in [-0.05, 0) is 37.3 Å². The van der Waals surface area contributed by atoms with Gasteiger partial charge in [-0.25, -0.2) is 15.0 Å². The predicted molar refractivity (Wildman–Crippen MR) is 108 cm³/mol. The molecule has 3 aromatic heterocycles. The number of hydrogen-bond donors (Lipinski definition) is 2. The Morgan fingerprint density at radius 1 is 1.26 bits per heavy atom. The Bertz CT molecular complexity index is 997. The minimum atomic E-state index is -0.431. The maximum atomic E-state index is 9.60. The summed E-state index contributed by atoms with van der Waals surface area (Å²) in [5.74, 6) is 1.92. The third-order valence-electron chi connectivity index (χ3n) is 5.33. The third-order valence-corrected chi connectivity index (χ3v) is 6.41. The molecule has 0 radical (unpaired) electrons. The smallest absolute Gasteiger partial charge is 0.147 e. The molecule has 0 spiro atoms. The number of rotatable bonds is 4. The van der Waals surface area contributed by atoms with Crippen LogP contribution in [0.15, 0.2) is 6.33 Å². The molecule has 0 saturated carbocycles. The molecule has 0 aromatic carbocycles. The van der Waals surface area contributed by atoms with Crippen molar-refractivity contribution in [3.8, 4) is 0 Å². The van der Waals surface area contributed by atoms with E-state index in [1.54, 1.807) is 24.6 Å². The number of aliphatic hydroxyl groups excluding tert-OH is 1. The van der Waals surface area contributed by atoms with Crippen molar-refractivity contribution in [3.63, 3.8) is 0 Å². The van der Waals surface area contributed by atoms with Crippen molar-refractivity contribution >= 4 is 43.4 Å². The second-order valence-electron chi connectivity index (χ2n) is 7.26. The van der Waals surface area contributed by atoms with Gasteiger partial charge >= 0.3 is 0 Å². The molecule has 27 heavy (non-hydrogen) atoms. The summed E-state index contributed by atoms with van der Waals surface area (Å²) in [7, 11) is 0. The Morgan fingerprint density at radius 2 is 2.07 bits per heavy atom. The number of anilines is 2. The zero-order valence-corrected chi connectivity index (χ0v) is 16.2. The van der Waals surface area contributed by atoms with Crippen molar-refractivity contribution < 1.29 is 9.84 Å². The Labute approximate surface area is 161 Å². The number of aryl methyl sites for hydroxylation is 1. The van der Waals surface area contributed by atoms with E-state index < -0.39 is 6.10 Å². The van der Waals surface area contributed by atoms with Crippen LogP contribution in [0.3, 0.4) is 0 Å². The van der Waals surface area contributed by atoms with Crippen molar-refractivity contribution in [2.24, 2.45) is 0 Å². The number of thiophene rings is 1. The van der Waals surface area contributed by atoms with Gasteiger partial charge in [-0.2, -0.15) is 0 Å². The summed E-state index contributed by atoms with van der Waals surface area (Å²) >= 11 is 1.65. The molecule has 2 N–H and O–H groups in total. The van der Waals surface area contributed by atoms with E-state index in [0.29, 0.717) is 6.54 Å². The van der Waals surface area contributed by atoms with Gasteiger partial charge in [0.05, 0.1) is 29.5 Å². The molecule has 4 heterocycles. The Hall–Kier alpha value is -2.03. The highest BCUT2D eigenvalue weighted by molar-refractivity contribution is 7.26. The number of aliphatic hydroxyl groups is 1. The number of nitrogens with one attached hydrogen (secondary N) is 1. The number of aromatic nitrogens is 3. The first kappa shape index (κ1) is 17.1. The number of fused-ring (bicyclic) bond motifs is 5. The van der Waals surface area contributed by atoms with Gasteiger partial charge in [0.1, 0.15) is 22.8 Å². The molecule has 1 atom stereocenters. The lowest BCUT2D eigenvalue weighted by Crippen LogP contribution is -2.37. The topological polar surface area (TPSA) is 83.4 Å². The fourth-order valence-electron chi connectivity index (χ4n) is 4.09. The fourth-order valence-corrected chi connectivity index (χ4v) is 5.21. The van der Waals surface area contributed by atoms with E-state index in [4.69, 9.17) is 9.72 Å². The molecule has 0 amide bonds. The first-order valence-corrected chi connectivity index (χ1v) is 10.4. The van der Waals surface area contributed by atoms with Crippen molar-refractivity contribution in [1.82, 2.24) is 15.0 Å². The van der Waals surface area contributed by atoms with Crippen LogP contribution in [0.4, 0.5) is 11.6 Å². The lowest BCUT2D eigenvalue weighted by atomic mass is 10.1. The van der Waals surface area contributed by atoms with Gasteiger partial charge < -0.3 is 20.1 Å². The maximum Gasteiger partial charge on any atom is 0.147 e. The molecular formula is C19H23N5O2S. The van der Waals surface area contributed by atoms with E-state index in [-0.39, 0.29) is 0 Å². The number of hydrogen-bond acceptors (Lipinski definition) is 8. The zero-order chi connectivity index (χ0) is 18.4. The SMILES string of the molecule is C[C@H](O)CNc1ncnc2c1sc1nc(N3CCOCC3)c3c(c12)CCC3. The van der Waals surface area contributed by atoms with Crippen molar-refractivity contribution in [1.29, 1.82) is 0 Å². The monoisotopic (exact) mass is 385 g/mol. The van der Waals surface area contributed by atoms with E-state index in [0.717, 1.165) is 65.8 Å². The van der Waals surface area contributed by atoms with Crippen LogP contribution in [0, 0.1) is 0 Å². The third kappa shape index (κ3) is 2.92. The van der Waals surface area contributed by atoms with Crippen LogP contribution in [0.1, 0.15) is 24.5 Å². The van der Waals surface area contributed by atoms with E-state index in [2.05, 4.69) is 20.2 Å². The molecule has 142 valence electrons. The Balaban J connectivity index is 1.68. The summed E-state index contributed by atoms with van der Waals surface area (Å²) in [5.41, 5.74) is 3.78. The normalized spacial score (nSPS) is 18.2. The first-order chi connectivity index (χ1) is 13.2. The van der Waals surface area contributed by atoms with Gasteiger partial charge in [0.25, 0.3) is 0 Å². The highest BCUT2D eigenvalue weighted by Crippen LogP contribution is 2.43. The first-order valence-electron chi connectivity index (χ1n) is 9.56. The summed E-state index contributed by atoms with van der Waals surface area (Å²) in [4.78, 5) is 17.5. The minimum absolute atomic E-state index is 0.431. The van der Waals surface area contributed by atoms with Crippen LogP contribution in [-0.4, -0.2) is 59.0 Å². The van der Waals surface area contributed by atoms with Crippen LogP contribution in [-0.2, 0) is 17.6 Å². The molecule has 1 aliphatic carbocycles.